The first kappa shape index (κ1) is 14.2. The van der Waals surface area contributed by atoms with Crippen LogP contribution in [0, 0.1) is 5.82 Å². The first-order chi connectivity index (χ1) is 10.1. The summed E-state index contributed by atoms with van der Waals surface area (Å²) in [6.07, 6.45) is 0.919. The van der Waals surface area contributed by atoms with E-state index in [-0.39, 0.29) is 5.02 Å². The van der Waals surface area contributed by atoms with Gasteiger partial charge in [-0.1, -0.05) is 18.5 Å². The van der Waals surface area contributed by atoms with E-state index in [1.165, 1.54) is 17.0 Å². The summed E-state index contributed by atoms with van der Waals surface area (Å²) in [5.41, 5.74) is 3.24. The van der Waals surface area contributed by atoms with Crippen LogP contribution in [0.15, 0.2) is 24.3 Å². The van der Waals surface area contributed by atoms with Crippen molar-refractivity contribution in [2.24, 2.45) is 5.84 Å². The van der Waals surface area contributed by atoms with Crippen LogP contribution in [-0.4, -0.2) is 9.97 Å². The average molecular weight is 323 g/mol. The summed E-state index contributed by atoms with van der Waals surface area (Å²) in [5.74, 6) is 6.08. The number of hydrazine groups is 1. The van der Waals surface area contributed by atoms with Gasteiger partial charge in [0.2, 0.25) is 0 Å². The quantitative estimate of drug-likeness (QED) is 0.565. The summed E-state index contributed by atoms with van der Waals surface area (Å²) in [6.45, 7) is 2.08. The van der Waals surface area contributed by atoms with Crippen molar-refractivity contribution in [3.05, 3.63) is 40.0 Å². The van der Waals surface area contributed by atoms with Crippen molar-refractivity contribution in [1.29, 1.82) is 0 Å². The summed E-state index contributed by atoms with van der Waals surface area (Å²) in [4.78, 5) is 10.9. The molecule has 0 saturated heterocycles. The molecule has 0 radical (unpaired) electrons. The van der Waals surface area contributed by atoms with Gasteiger partial charge < -0.3 is 5.43 Å². The van der Waals surface area contributed by atoms with E-state index in [9.17, 15) is 4.39 Å². The lowest BCUT2D eigenvalue weighted by Gasteiger charge is -2.05. The fraction of sp³-hybridized carbons (Fsp3) is 0.143. The predicted molar refractivity (Wildman–Crippen MR) is 85.0 cm³/mol. The van der Waals surface area contributed by atoms with Gasteiger partial charge in [0.1, 0.15) is 10.6 Å². The Bertz CT molecular complexity index is 818. The Morgan fingerprint density at radius 2 is 2.14 bits per heavy atom. The standard InChI is InChI=1S/C14H12ClFN4S/c1-2-8-6-9-13(20-17)18-12(19-14(9)21-8)7-3-4-11(16)10(15)5-7/h3-6H,2,17H2,1H3,(H,18,19,20). The van der Waals surface area contributed by atoms with Crippen LogP contribution >= 0.6 is 22.9 Å². The molecule has 0 unspecified atom stereocenters. The zero-order valence-corrected chi connectivity index (χ0v) is 12.7. The number of rotatable bonds is 3. The van der Waals surface area contributed by atoms with E-state index in [4.69, 9.17) is 17.4 Å². The van der Waals surface area contributed by atoms with Gasteiger partial charge in [0.05, 0.1) is 10.4 Å². The smallest absolute Gasteiger partial charge is 0.163 e. The summed E-state index contributed by atoms with van der Waals surface area (Å²) in [6, 6.07) is 6.42. The number of nitrogens with two attached hydrogens (primary N) is 1. The van der Waals surface area contributed by atoms with Crippen molar-refractivity contribution in [2.75, 3.05) is 5.43 Å². The van der Waals surface area contributed by atoms with Crippen molar-refractivity contribution in [2.45, 2.75) is 13.3 Å². The highest BCUT2D eigenvalue weighted by Crippen LogP contribution is 2.32. The van der Waals surface area contributed by atoms with Crippen LogP contribution in [-0.2, 0) is 6.42 Å². The molecule has 0 saturated carbocycles. The van der Waals surface area contributed by atoms with Crippen LogP contribution in [0.2, 0.25) is 5.02 Å². The highest BCUT2D eigenvalue weighted by molar-refractivity contribution is 7.18. The SMILES string of the molecule is CCc1cc2c(NN)nc(-c3ccc(F)c(Cl)c3)nc2s1. The molecule has 4 nitrogen and oxygen atoms in total. The second kappa shape index (κ2) is 5.55. The summed E-state index contributed by atoms with van der Waals surface area (Å²) in [7, 11) is 0. The largest absolute Gasteiger partial charge is 0.308 e. The molecule has 2 heterocycles. The van der Waals surface area contributed by atoms with Gasteiger partial charge in [-0.2, -0.15) is 0 Å². The molecule has 0 atom stereocenters. The molecule has 0 aliphatic carbocycles. The molecule has 1 aromatic carbocycles. The lowest BCUT2D eigenvalue weighted by molar-refractivity contribution is 0.628. The van der Waals surface area contributed by atoms with Gasteiger partial charge >= 0.3 is 0 Å². The third kappa shape index (κ3) is 2.57. The Balaban J connectivity index is 2.20. The van der Waals surface area contributed by atoms with Crippen LogP contribution in [0.1, 0.15) is 11.8 Å². The number of nitrogens with zero attached hydrogens (tertiary/aromatic N) is 2. The predicted octanol–water partition coefficient (Wildman–Crippen LogP) is 4.00. The average Bonchev–Trinajstić information content (AvgIpc) is 2.92. The molecule has 2 aromatic heterocycles. The number of aryl methyl sites for hydroxylation is 1. The fourth-order valence-electron chi connectivity index (χ4n) is 2.02. The summed E-state index contributed by atoms with van der Waals surface area (Å²) < 4.78 is 13.3. The van der Waals surface area contributed by atoms with Crippen LogP contribution in [0.3, 0.4) is 0 Å². The Morgan fingerprint density at radius 1 is 1.33 bits per heavy atom. The molecule has 21 heavy (non-hydrogen) atoms. The Morgan fingerprint density at radius 3 is 2.81 bits per heavy atom. The van der Waals surface area contributed by atoms with Gasteiger partial charge in [0.15, 0.2) is 11.6 Å². The molecule has 108 valence electrons. The van der Waals surface area contributed by atoms with Crippen molar-refractivity contribution in [3.8, 4) is 11.4 Å². The number of fused-ring (bicyclic) bond motifs is 1. The van der Waals surface area contributed by atoms with Crippen molar-refractivity contribution in [3.63, 3.8) is 0 Å². The van der Waals surface area contributed by atoms with Crippen LogP contribution < -0.4 is 11.3 Å². The Labute approximate surface area is 129 Å². The van der Waals surface area contributed by atoms with Gasteiger partial charge in [0.25, 0.3) is 0 Å². The second-order valence-electron chi connectivity index (χ2n) is 4.45. The molecule has 0 bridgehead atoms. The number of nitrogens with one attached hydrogen (secondary N) is 1. The number of benzene rings is 1. The molecule has 7 heteroatoms. The van der Waals surface area contributed by atoms with Crippen LogP contribution in [0.4, 0.5) is 10.2 Å². The molecule has 0 amide bonds. The number of anilines is 1. The number of thiophene rings is 1. The van der Waals surface area contributed by atoms with Crippen molar-refractivity contribution in [1.82, 2.24) is 9.97 Å². The highest BCUT2D eigenvalue weighted by atomic mass is 35.5. The van der Waals surface area contributed by atoms with E-state index in [2.05, 4.69) is 22.3 Å². The topological polar surface area (TPSA) is 63.8 Å². The Hall–Kier alpha value is -1.76. The maximum Gasteiger partial charge on any atom is 0.163 e. The maximum atomic E-state index is 13.3. The minimum absolute atomic E-state index is 0.0406. The molecule has 3 aromatic rings. The van der Waals surface area contributed by atoms with E-state index in [1.807, 2.05) is 6.07 Å². The highest BCUT2D eigenvalue weighted by Gasteiger charge is 2.13. The van der Waals surface area contributed by atoms with Gasteiger partial charge in [-0.05, 0) is 30.7 Å². The Kier molecular flexibility index (Phi) is 3.75. The first-order valence-corrected chi connectivity index (χ1v) is 7.54. The normalized spacial score (nSPS) is 11.0. The third-order valence-electron chi connectivity index (χ3n) is 3.11. The van der Waals surface area contributed by atoms with Gasteiger partial charge in [0, 0.05) is 10.4 Å². The first-order valence-electron chi connectivity index (χ1n) is 6.35. The molecule has 0 aliphatic heterocycles. The lowest BCUT2D eigenvalue weighted by Crippen LogP contribution is -2.09. The molecule has 0 fully saturated rings. The number of hydrogen-bond donors (Lipinski definition) is 2. The van der Waals surface area contributed by atoms with E-state index >= 15 is 0 Å². The minimum atomic E-state index is -0.469. The van der Waals surface area contributed by atoms with Gasteiger partial charge in [-0.25, -0.2) is 20.2 Å². The number of halogens is 2. The number of hydrogen-bond acceptors (Lipinski definition) is 5. The molecule has 3 N–H and O–H groups in total. The summed E-state index contributed by atoms with van der Waals surface area (Å²) >= 11 is 7.40. The van der Waals surface area contributed by atoms with Crippen LogP contribution in [0.25, 0.3) is 21.6 Å². The van der Waals surface area contributed by atoms with Crippen molar-refractivity contribution >= 4 is 39.0 Å². The van der Waals surface area contributed by atoms with Gasteiger partial charge in [-0.15, -0.1) is 11.3 Å². The number of nitrogen functional groups attached to an aromatic ring is 1. The third-order valence-corrected chi connectivity index (χ3v) is 4.57. The molecular weight excluding hydrogens is 311 g/mol. The van der Waals surface area contributed by atoms with E-state index in [0.29, 0.717) is 17.2 Å². The van der Waals surface area contributed by atoms with E-state index in [1.54, 1.807) is 17.4 Å². The van der Waals surface area contributed by atoms with Crippen LogP contribution in [0.5, 0.6) is 0 Å². The minimum Gasteiger partial charge on any atom is -0.308 e. The molecule has 0 spiro atoms. The fourth-order valence-corrected chi connectivity index (χ4v) is 3.17. The molecule has 0 aliphatic rings. The van der Waals surface area contributed by atoms with E-state index in [0.717, 1.165) is 16.6 Å². The molecule has 3 rings (SSSR count). The lowest BCUT2D eigenvalue weighted by atomic mass is 10.2. The number of aromatic nitrogens is 2. The molecular formula is C14H12ClFN4S. The maximum absolute atomic E-state index is 13.3. The zero-order valence-electron chi connectivity index (χ0n) is 11.2. The van der Waals surface area contributed by atoms with Gasteiger partial charge in [-0.3, -0.25) is 0 Å². The zero-order chi connectivity index (χ0) is 15.0. The monoisotopic (exact) mass is 322 g/mol. The van der Waals surface area contributed by atoms with E-state index < -0.39 is 5.82 Å². The second-order valence-corrected chi connectivity index (χ2v) is 5.98. The summed E-state index contributed by atoms with van der Waals surface area (Å²) in [5, 5.41) is 0.926. The van der Waals surface area contributed by atoms with Crippen molar-refractivity contribution < 1.29 is 4.39 Å².